The van der Waals surface area contributed by atoms with Gasteiger partial charge in [0, 0.05) is 11.8 Å². The lowest BCUT2D eigenvalue weighted by Gasteiger charge is -2.07. The number of carbonyl (C=O) groups excluding carboxylic acids is 1. The Kier molecular flexibility index (Phi) is 3.90. The zero-order valence-electron chi connectivity index (χ0n) is 12.1. The normalized spacial score (nSPS) is 12.2. The average molecular weight is 273 g/mol. The van der Waals surface area contributed by atoms with Crippen molar-refractivity contribution in [3.8, 4) is 5.69 Å². The van der Waals surface area contributed by atoms with Gasteiger partial charge in [0.1, 0.15) is 6.10 Å². The van der Waals surface area contributed by atoms with Crippen LogP contribution in [0.25, 0.3) is 5.69 Å². The molecule has 20 heavy (non-hydrogen) atoms. The summed E-state index contributed by atoms with van der Waals surface area (Å²) in [5.41, 5.74) is 4.18. The largest absolute Gasteiger partial charge is 0.384 e. The van der Waals surface area contributed by atoms with Crippen molar-refractivity contribution in [1.29, 1.82) is 0 Å². The van der Waals surface area contributed by atoms with E-state index in [9.17, 15) is 9.90 Å². The molecule has 0 saturated heterocycles. The van der Waals surface area contributed by atoms with E-state index < -0.39 is 12.0 Å². The maximum atomic E-state index is 11.5. The summed E-state index contributed by atoms with van der Waals surface area (Å²) in [5, 5.41) is 16.1. The Morgan fingerprint density at radius 2 is 1.80 bits per heavy atom. The van der Waals surface area contributed by atoms with Crippen molar-refractivity contribution in [2.75, 3.05) is 5.32 Å². The van der Waals surface area contributed by atoms with Gasteiger partial charge in [-0.25, -0.2) is 4.68 Å². The van der Waals surface area contributed by atoms with Crippen LogP contribution >= 0.6 is 0 Å². The number of benzene rings is 1. The number of nitrogens with zero attached hydrogens (tertiary/aromatic N) is 2. The summed E-state index contributed by atoms with van der Waals surface area (Å²) >= 11 is 0. The molecule has 1 atom stereocenters. The van der Waals surface area contributed by atoms with E-state index in [-0.39, 0.29) is 0 Å². The van der Waals surface area contributed by atoms with Crippen LogP contribution in [0.15, 0.2) is 24.3 Å². The van der Waals surface area contributed by atoms with Crippen LogP contribution in [0, 0.1) is 20.8 Å². The van der Waals surface area contributed by atoms with Crippen molar-refractivity contribution >= 4 is 11.7 Å². The third-order valence-electron chi connectivity index (χ3n) is 2.97. The zero-order chi connectivity index (χ0) is 14.9. The van der Waals surface area contributed by atoms with Crippen molar-refractivity contribution in [2.24, 2.45) is 0 Å². The molecule has 2 N–H and O–H groups in total. The second-order valence-corrected chi connectivity index (χ2v) is 5.09. The molecule has 5 nitrogen and oxygen atoms in total. The summed E-state index contributed by atoms with van der Waals surface area (Å²) in [6.45, 7) is 7.41. The molecule has 0 aliphatic rings. The number of aliphatic hydroxyl groups excluding tert-OH is 1. The second-order valence-electron chi connectivity index (χ2n) is 5.09. The number of anilines is 1. The summed E-state index contributed by atoms with van der Waals surface area (Å²) in [7, 11) is 0. The number of rotatable bonds is 3. The summed E-state index contributed by atoms with van der Waals surface area (Å²) in [6, 6.07) is 7.94. The van der Waals surface area contributed by atoms with Crippen LogP contribution in [-0.4, -0.2) is 26.9 Å². The number of nitrogens with one attached hydrogen (secondary N) is 1. The van der Waals surface area contributed by atoms with Gasteiger partial charge in [0.25, 0.3) is 5.91 Å². The summed E-state index contributed by atoms with van der Waals surface area (Å²) in [4.78, 5) is 11.5. The predicted molar refractivity (Wildman–Crippen MR) is 78.1 cm³/mol. The lowest BCUT2D eigenvalue weighted by molar-refractivity contribution is -0.123. The van der Waals surface area contributed by atoms with E-state index in [0.29, 0.717) is 5.82 Å². The minimum Gasteiger partial charge on any atom is -0.384 e. The lowest BCUT2D eigenvalue weighted by Crippen LogP contribution is -2.24. The molecule has 1 unspecified atom stereocenters. The van der Waals surface area contributed by atoms with E-state index in [2.05, 4.69) is 16.5 Å². The van der Waals surface area contributed by atoms with Gasteiger partial charge in [-0.15, -0.1) is 5.10 Å². The molecule has 0 aliphatic heterocycles. The van der Waals surface area contributed by atoms with Gasteiger partial charge in [0.05, 0.1) is 5.69 Å². The summed E-state index contributed by atoms with van der Waals surface area (Å²) in [6.07, 6.45) is -1.05. The molecule has 0 fully saturated rings. The predicted octanol–water partition coefficient (Wildman–Crippen LogP) is 2.12. The highest BCUT2D eigenvalue weighted by Crippen LogP contribution is 2.18. The molecule has 2 aromatic rings. The first-order valence-corrected chi connectivity index (χ1v) is 6.51. The van der Waals surface area contributed by atoms with Crippen molar-refractivity contribution in [1.82, 2.24) is 9.78 Å². The first-order valence-electron chi connectivity index (χ1n) is 6.51. The quantitative estimate of drug-likeness (QED) is 0.900. The molecule has 0 spiro atoms. The Labute approximate surface area is 118 Å². The molecule has 1 heterocycles. The maximum Gasteiger partial charge on any atom is 0.254 e. The summed E-state index contributed by atoms with van der Waals surface area (Å²) < 4.78 is 1.78. The standard InChI is InChI=1S/C15H19N3O2/c1-9-5-10(2)7-13(6-9)18-11(3)8-14(17-18)16-15(20)12(4)19/h5-8,12,19H,1-4H3,(H,16,17,20). The Balaban J connectivity index is 2.34. The minimum absolute atomic E-state index is 0.438. The highest BCUT2D eigenvalue weighted by molar-refractivity contribution is 5.92. The second kappa shape index (κ2) is 5.46. The molecule has 0 saturated carbocycles. The van der Waals surface area contributed by atoms with E-state index >= 15 is 0 Å². The lowest BCUT2D eigenvalue weighted by atomic mass is 10.1. The number of amides is 1. The number of aryl methyl sites for hydroxylation is 3. The van der Waals surface area contributed by atoms with Crippen LogP contribution < -0.4 is 5.32 Å². The van der Waals surface area contributed by atoms with Crippen molar-refractivity contribution in [3.05, 3.63) is 41.1 Å². The van der Waals surface area contributed by atoms with Crippen molar-refractivity contribution in [3.63, 3.8) is 0 Å². The average Bonchev–Trinajstić information content (AvgIpc) is 2.68. The van der Waals surface area contributed by atoms with E-state index in [1.165, 1.54) is 6.92 Å². The Bertz CT molecular complexity index is 624. The monoisotopic (exact) mass is 273 g/mol. The van der Waals surface area contributed by atoms with Crippen molar-refractivity contribution in [2.45, 2.75) is 33.8 Å². The Morgan fingerprint density at radius 1 is 1.20 bits per heavy atom. The van der Waals surface area contributed by atoms with Crippen LogP contribution in [0.5, 0.6) is 0 Å². The minimum atomic E-state index is -1.05. The smallest absolute Gasteiger partial charge is 0.254 e. The third kappa shape index (κ3) is 3.05. The van der Waals surface area contributed by atoms with Crippen LogP contribution in [0.2, 0.25) is 0 Å². The van der Waals surface area contributed by atoms with Crippen molar-refractivity contribution < 1.29 is 9.90 Å². The highest BCUT2D eigenvalue weighted by Gasteiger charge is 2.13. The van der Waals surface area contributed by atoms with Gasteiger partial charge < -0.3 is 10.4 Å². The van der Waals surface area contributed by atoms with Gasteiger partial charge in [-0.1, -0.05) is 6.07 Å². The van der Waals surface area contributed by atoms with E-state index in [0.717, 1.165) is 22.5 Å². The molecular weight excluding hydrogens is 254 g/mol. The van der Waals surface area contributed by atoms with Gasteiger partial charge in [-0.2, -0.15) is 0 Å². The highest BCUT2D eigenvalue weighted by atomic mass is 16.3. The molecule has 2 rings (SSSR count). The SMILES string of the molecule is Cc1cc(C)cc(-n2nc(NC(=O)C(C)O)cc2C)c1. The fraction of sp³-hybridized carbons (Fsp3) is 0.333. The fourth-order valence-corrected chi connectivity index (χ4v) is 2.10. The molecule has 1 aromatic heterocycles. The van der Waals surface area contributed by atoms with Crippen LogP contribution in [0.4, 0.5) is 5.82 Å². The molecular formula is C15H19N3O2. The van der Waals surface area contributed by atoms with E-state index in [1.807, 2.05) is 32.9 Å². The van der Waals surface area contributed by atoms with Gasteiger partial charge in [-0.05, 0) is 51.0 Å². The zero-order valence-corrected chi connectivity index (χ0v) is 12.1. The molecule has 1 aromatic carbocycles. The van der Waals surface area contributed by atoms with E-state index in [1.54, 1.807) is 10.7 Å². The number of aromatic nitrogens is 2. The molecule has 0 bridgehead atoms. The fourth-order valence-electron chi connectivity index (χ4n) is 2.10. The van der Waals surface area contributed by atoms with Gasteiger partial charge in [-0.3, -0.25) is 4.79 Å². The number of hydrogen-bond acceptors (Lipinski definition) is 3. The van der Waals surface area contributed by atoms with E-state index in [4.69, 9.17) is 0 Å². The first-order chi connectivity index (χ1) is 9.36. The molecule has 106 valence electrons. The Morgan fingerprint density at radius 3 is 2.35 bits per heavy atom. The van der Waals surface area contributed by atoms with Gasteiger partial charge in [0.15, 0.2) is 5.82 Å². The molecule has 0 radical (unpaired) electrons. The van der Waals surface area contributed by atoms with Crippen LogP contribution in [0.3, 0.4) is 0 Å². The molecule has 5 heteroatoms. The first kappa shape index (κ1) is 14.3. The molecule has 0 aliphatic carbocycles. The maximum absolute atomic E-state index is 11.5. The van der Waals surface area contributed by atoms with Crippen LogP contribution in [0.1, 0.15) is 23.7 Å². The number of aliphatic hydroxyl groups is 1. The topological polar surface area (TPSA) is 67.2 Å². The van der Waals surface area contributed by atoms with Gasteiger partial charge in [0.2, 0.25) is 0 Å². The number of carbonyl (C=O) groups is 1. The van der Waals surface area contributed by atoms with Gasteiger partial charge >= 0.3 is 0 Å². The summed E-state index contributed by atoms with van der Waals surface area (Å²) in [5.74, 6) is -0.0253. The third-order valence-corrected chi connectivity index (χ3v) is 2.97. The molecule has 1 amide bonds. The Hall–Kier alpha value is -2.14. The van der Waals surface area contributed by atoms with Crippen LogP contribution in [-0.2, 0) is 4.79 Å². The number of hydrogen-bond donors (Lipinski definition) is 2.